The fourth-order valence-corrected chi connectivity index (χ4v) is 8.57. The van der Waals surface area contributed by atoms with Gasteiger partial charge in [0.2, 0.25) is 0 Å². The molecule has 0 aromatic carbocycles. The summed E-state index contributed by atoms with van der Waals surface area (Å²) in [6.45, 7) is 15.8. The fourth-order valence-electron chi connectivity index (χ4n) is 8.57. The zero-order chi connectivity index (χ0) is 35.6. The maximum absolute atomic E-state index is 14.6. The highest BCUT2D eigenvalue weighted by Crippen LogP contribution is 2.54. The van der Waals surface area contributed by atoms with Crippen molar-refractivity contribution in [3.05, 3.63) is 46.6 Å². The Morgan fingerprint density at radius 2 is 1.67 bits per heavy atom. The van der Waals surface area contributed by atoms with Crippen LogP contribution in [0.5, 0.6) is 0 Å². The van der Waals surface area contributed by atoms with Crippen LogP contribution in [-0.2, 0) is 28.7 Å². The highest BCUT2D eigenvalue weighted by molar-refractivity contribution is 5.98. The molecule has 2 bridgehead atoms. The molecule has 0 saturated heterocycles. The number of hydrogen-bond donors (Lipinski definition) is 1. The molecule has 2 aliphatic heterocycles. The topological polar surface area (TPSA) is 107 Å². The van der Waals surface area contributed by atoms with Crippen LogP contribution >= 0.6 is 0 Å². The first-order valence-electron chi connectivity index (χ1n) is 18.3. The number of ether oxygens (including phenoxy) is 2. The third-order valence-corrected chi connectivity index (χ3v) is 11.9. The van der Waals surface area contributed by atoms with Gasteiger partial charge in [0.15, 0.2) is 0 Å². The van der Waals surface area contributed by atoms with Crippen molar-refractivity contribution in [2.24, 2.45) is 40.9 Å². The number of Topliss-reactive ketones (excluding diaryl/α,β-unsaturated/α-hetero) is 3. The van der Waals surface area contributed by atoms with Crippen LogP contribution in [0.15, 0.2) is 46.6 Å². The van der Waals surface area contributed by atoms with Crippen LogP contribution in [0, 0.1) is 40.9 Å². The Labute approximate surface area is 288 Å². The van der Waals surface area contributed by atoms with E-state index in [1.807, 2.05) is 46.8 Å². The first-order valence-corrected chi connectivity index (χ1v) is 18.3. The van der Waals surface area contributed by atoms with E-state index in [1.54, 1.807) is 6.92 Å². The minimum atomic E-state index is -1.54. The summed E-state index contributed by atoms with van der Waals surface area (Å²) in [5, 5.41) is 11.8. The SMILES string of the molecule is COC(=O)[C@]12CC(=O)[C@H](C(C)C)CC(=O)[C@H](C)CCC[C@H](C)CC(=O)[C@H]1C=C(C)/C1=C\C[C@](C)(O)[C@H]3CC=C(C)[C@H](CC/C(C)=C/[C@@H]12)O3. The summed E-state index contributed by atoms with van der Waals surface area (Å²) in [4.78, 5) is 57.2. The van der Waals surface area contributed by atoms with Crippen LogP contribution in [-0.4, -0.2) is 53.3 Å². The van der Waals surface area contributed by atoms with Crippen molar-refractivity contribution in [2.75, 3.05) is 7.11 Å². The molecule has 1 N–H and O–H groups in total. The lowest BCUT2D eigenvalue weighted by Crippen LogP contribution is -2.53. The van der Waals surface area contributed by atoms with Gasteiger partial charge in [0.05, 0.1) is 36.3 Å². The largest absolute Gasteiger partial charge is 0.469 e. The van der Waals surface area contributed by atoms with E-state index in [0.717, 1.165) is 41.6 Å². The van der Waals surface area contributed by atoms with E-state index >= 15 is 0 Å². The van der Waals surface area contributed by atoms with Gasteiger partial charge < -0.3 is 14.6 Å². The van der Waals surface area contributed by atoms with E-state index < -0.39 is 40.8 Å². The molecule has 266 valence electrons. The predicted molar refractivity (Wildman–Crippen MR) is 188 cm³/mol. The molecule has 0 aromatic heterocycles. The average molecular weight is 665 g/mol. The number of hydrogen-bond acceptors (Lipinski definition) is 7. The summed E-state index contributed by atoms with van der Waals surface area (Å²) in [6, 6.07) is 0. The lowest BCUT2D eigenvalue weighted by molar-refractivity contribution is -0.164. The van der Waals surface area contributed by atoms with Gasteiger partial charge in [-0.25, -0.2) is 0 Å². The van der Waals surface area contributed by atoms with E-state index in [4.69, 9.17) is 9.47 Å². The normalized spacial score (nSPS) is 39.9. The number of esters is 1. The molecule has 4 aliphatic rings. The molecule has 0 radical (unpaired) electrons. The summed E-state index contributed by atoms with van der Waals surface area (Å²) >= 11 is 0. The first kappa shape index (κ1) is 38.2. The molecule has 0 amide bonds. The van der Waals surface area contributed by atoms with Crippen LogP contribution in [0.3, 0.4) is 0 Å². The second-order valence-electron chi connectivity index (χ2n) is 16.2. The number of methoxy groups -OCH3 is 1. The quantitative estimate of drug-likeness (QED) is 0.237. The van der Waals surface area contributed by atoms with Crippen LogP contribution in [0.2, 0.25) is 0 Å². The Morgan fingerprint density at radius 3 is 2.33 bits per heavy atom. The van der Waals surface area contributed by atoms with E-state index in [0.29, 0.717) is 19.3 Å². The van der Waals surface area contributed by atoms with Gasteiger partial charge in [-0.05, 0) is 82.8 Å². The molecule has 0 spiro atoms. The Kier molecular flexibility index (Phi) is 12.3. The maximum Gasteiger partial charge on any atom is 0.314 e. The van der Waals surface area contributed by atoms with Crippen molar-refractivity contribution in [2.45, 2.75) is 137 Å². The van der Waals surface area contributed by atoms with Crippen LogP contribution in [0.4, 0.5) is 0 Å². The van der Waals surface area contributed by atoms with Gasteiger partial charge >= 0.3 is 5.97 Å². The minimum Gasteiger partial charge on any atom is -0.469 e. The van der Waals surface area contributed by atoms with Gasteiger partial charge in [0, 0.05) is 37.0 Å². The molecule has 7 heteroatoms. The van der Waals surface area contributed by atoms with Gasteiger partial charge in [-0.2, -0.15) is 0 Å². The second-order valence-corrected chi connectivity index (χ2v) is 16.2. The zero-order valence-electron chi connectivity index (χ0n) is 30.9. The van der Waals surface area contributed by atoms with Crippen LogP contribution in [0.25, 0.3) is 0 Å². The van der Waals surface area contributed by atoms with Crippen molar-refractivity contribution in [3.8, 4) is 0 Å². The molecule has 9 atom stereocenters. The summed E-state index contributed by atoms with van der Waals surface area (Å²) in [7, 11) is 1.33. The number of fused-ring (bicyclic) bond motifs is 5. The molecule has 0 unspecified atom stereocenters. The summed E-state index contributed by atoms with van der Waals surface area (Å²) in [6.07, 6.45) is 12.4. The second kappa shape index (κ2) is 15.5. The third kappa shape index (κ3) is 8.04. The maximum atomic E-state index is 14.6. The standard InChI is InChI=1S/C41H60O7/c1-24(2)31-22-34(42)27(5)12-10-11-25(3)20-35(43)33-21-29(7)30-17-18-40(8,46)38-16-14-28(6)37(48-38)15-13-26(4)19-32(30)41(33,23-36(31)44)39(45)47-9/h14,17,19,21,24-25,27,31-33,37-38,46H,10-13,15-16,18,20,22-23H2,1-9H3/b26-19+,30-17+/t25-,27+,31-,32-,33+,37-,38+,40-,41-/m0/s1. The number of carbonyl (C=O) groups is 4. The Morgan fingerprint density at radius 1 is 0.958 bits per heavy atom. The monoisotopic (exact) mass is 664 g/mol. The molecule has 2 heterocycles. The molecule has 4 rings (SSSR count). The lowest BCUT2D eigenvalue weighted by atomic mass is 9.54. The first-order chi connectivity index (χ1) is 22.5. The average Bonchev–Trinajstić information content (AvgIpc) is 3.01. The highest BCUT2D eigenvalue weighted by atomic mass is 16.5. The molecular formula is C41H60O7. The van der Waals surface area contributed by atoms with Gasteiger partial charge in [-0.15, -0.1) is 0 Å². The minimum absolute atomic E-state index is 0.0576. The Hall–Kier alpha value is -2.64. The van der Waals surface area contributed by atoms with E-state index in [-0.39, 0.29) is 66.9 Å². The molecule has 7 nitrogen and oxygen atoms in total. The predicted octanol–water partition coefficient (Wildman–Crippen LogP) is 7.86. The molecular weight excluding hydrogens is 604 g/mol. The molecule has 2 aliphatic carbocycles. The summed E-state index contributed by atoms with van der Waals surface area (Å²) in [5.74, 6) is -3.10. The number of carbonyl (C=O) groups excluding carboxylic acids is 4. The fraction of sp³-hybridized carbons (Fsp3) is 0.707. The Bertz CT molecular complexity index is 1380. The molecule has 1 fully saturated rings. The van der Waals surface area contributed by atoms with Crippen LogP contribution in [0.1, 0.15) is 120 Å². The molecule has 0 aromatic rings. The van der Waals surface area contributed by atoms with E-state index in [2.05, 4.69) is 26.0 Å². The zero-order valence-corrected chi connectivity index (χ0v) is 30.9. The van der Waals surface area contributed by atoms with Crippen molar-refractivity contribution < 1.29 is 33.8 Å². The number of allylic oxidation sites excluding steroid dienone is 5. The van der Waals surface area contributed by atoms with Crippen LogP contribution < -0.4 is 0 Å². The lowest BCUT2D eigenvalue weighted by Gasteiger charge is -2.47. The van der Waals surface area contributed by atoms with E-state index in [1.165, 1.54) is 7.11 Å². The summed E-state index contributed by atoms with van der Waals surface area (Å²) < 4.78 is 12.1. The third-order valence-electron chi connectivity index (χ3n) is 11.9. The number of aliphatic hydroxyl groups is 1. The van der Waals surface area contributed by atoms with Crippen molar-refractivity contribution in [1.29, 1.82) is 0 Å². The number of rotatable bonds is 2. The van der Waals surface area contributed by atoms with Crippen molar-refractivity contribution in [3.63, 3.8) is 0 Å². The smallest absolute Gasteiger partial charge is 0.314 e. The van der Waals surface area contributed by atoms with Gasteiger partial charge in [-0.1, -0.05) is 76.0 Å². The van der Waals surface area contributed by atoms with Crippen molar-refractivity contribution >= 4 is 23.3 Å². The highest BCUT2D eigenvalue weighted by Gasteiger charge is 2.58. The van der Waals surface area contributed by atoms with E-state index in [9.17, 15) is 24.3 Å². The Balaban J connectivity index is 1.97. The molecule has 48 heavy (non-hydrogen) atoms. The van der Waals surface area contributed by atoms with Gasteiger partial charge in [0.1, 0.15) is 17.3 Å². The number of ketones is 3. The van der Waals surface area contributed by atoms with Crippen molar-refractivity contribution in [1.82, 2.24) is 0 Å². The van der Waals surface area contributed by atoms with Gasteiger partial charge in [0.25, 0.3) is 0 Å². The summed E-state index contributed by atoms with van der Waals surface area (Å²) in [5.41, 5.74) is 1.12. The molecule has 1 saturated carbocycles. The van der Waals surface area contributed by atoms with Gasteiger partial charge in [-0.3, -0.25) is 19.2 Å².